The SMILES string of the molecule is COCC(C)NC(=O)C(C)=Cc1ccccc1. The maximum absolute atomic E-state index is 11.8. The van der Waals surface area contributed by atoms with E-state index in [9.17, 15) is 4.79 Å². The van der Waals surface area contributed by atoms with Crippen molar-refractivity contribution >= 4 is 12.0 Å². The second kappa shape index (κ2) is 6.86. The summed E-state index contributed by atoms with van der Waals surface area (Å²) in [4.78, 5) is 11.8. The predicted octanol–water partition coefficient (Wildman–Crippen LogP) is 2.24. The molecule has 0 spiro atoms. The van der Waals surface area contributed by atoms with Crippen molar-refractivity contribution in [3.8, 4) is 0 Å². The van der Waals surface area contributed by atoms with E-state index in [4.69, 9.17) is 4.74 Å². The highest BCUT2D eigenvalue weighted by Crippen LogP contribution is 2.06. The van der Waals surface area contributed by atoms with Crippen molar-refractivity contribution in [3.05, 3.63) is 41.5 Å². The summed E-state index contributed by atoms with van der Waals surface area (Å²) in [5.41, 5.74) is 1.72. The first-order valence-electron chi connectivity index (χ1n) is 5.66. The first-order valence-corrected chi connectivity index (χ1v) is 5.66. The van der Waals surface area contributed by atoms with Gasteiger partial charge in [-0.15, -0.1) is 0 Å². The van der Waals surface area contributed by atoms with Crippen LogP contribution in [0.5, 0.6) is 0 Å². The Morgan fingerprint density at radius 3 is 2.65 bits per heavy atom. The molecule has 3 heteroatoms. The molecule has 0 fully saturated rings. The lowest BCUT2D eigenvalue weighted by molar-refractivity contribution is -0.118. The molecule has 0 aromatic heterocycles. The molecule has 1 aromatic rings. The molecule has 1 N–H and O–H groups in total. The monoisotopic (exact) mass is 233 g/mol. The van der Waals surface area contributed by atoms with Crippen LogP contribution in [0.15, 0.2) is 35.9 Å². The third-order valence-electron chi connectivity index (χ3n) is 2.34. The van der Waals surface area contributed by atoms with Crippen LogP contribution in [0.1, 0.15) is 19.4 Å². The van der Waals surface area contributed by atoms with Crippen LogP contribution < -0.4 is 5.32 Å². The molecule has 92 valence electrons. The number of carbonyl (C=O) groups excluding carboxylic acids is 1. The molecular formula is C14H19NO2. The van der Waals surface area contributed by atoms with Crippen LogP contribution in [0.3, 0.4) is 0 Å². The van der Waals surface area contributed by atoms with Crippen molar-refractivity contribution in [3.63, 3.8) is 0 Å². The second-order valence-electron chi connectivity index (χ2n) is 4.07. The van der Waals surface area contributed by atoms with E-state index in [1.165, 1.54) is 0 Å². The molecule has 1 aromatic carbocycles. The molecule has 0 aliphatic carbocycles. The number of rotatable bonds is 5. The largest absolute Gasteiger partial charge is 0.383 e. The van der Waals surface area contributed by atoms with Gasteiger partial charge in [-0.25, -0.2) is 0 Å². The smallest absolute Gasteiger partial charge is 0.247 e. The molecule has 0 radical (unpaired) electrons. The van der Waals surface area contributed by atoms with E-state index in [1.807, 2.05) is 50.3 Å². The van der Waals surface area contributed by atoms with Gasteiger partial charge in [-0.2, -0.15) is 0 Å². The van der Waals surface area contributed by atoms with Crippen LogP contribution in [-0.2, 0) is 9.53 Å². The summed E-state index contributed by atoms with van der Waals surface area (Å²) >= 11 is 0. The van der Waals surface area contributed by atoms with Gasteiger partial charge in [-0.3, -0.25) is 4.79 Å². The van der Waals surface area contributed by atoms with Crippen LogP contribution in [-0.4, -0.2) is 25.7 Å². The molecule has 0 saturated heterocycles. The molecule has 0 bridgehead atoms. The summed E-state index contributed by atoms with van der Waals surface area (Å²) in [5, 5.41) is 2.87. The first-order chi connectivity index (χ1) is 8.13. The summed E-state index contributed by atoms with van der Waals surface area (Å²) in [6.45, 7) is 4.24. The van der Waals surface area contributed by atoms with Crippen LogP contribution in [0.4, 0.5) is 0 Å². The van der Waals surface area contributed by atoms with Gasteiger partial charge in [0.15, 0.2) is 0 Å². The lowest BCUT2D eigenvalue weighted by atomic mass is 10.1. The molecule has 17 heavy (non-hydrogen) atoms. The third kappa shape index (κ3) is 4.83. The minimum Gasteiger partial charge on any atom is -0.383 e. The van der Waals surface area contributed by atoms with Gasteiger partial charge in [0.1, 0.15) is 0 Å². The Balaban J connectivity index is 2.61. The molecule has 1 amide bonds. The van der Waals surface area contributed by atoms with Gasteiger partial charge in [0.05, 0.1) is 6.61 Å². The third-order valence-corrected chi connectivity index (χ3v) is 2.34. The normalized spacial score (nSPS) is 13.2. The highest BCUT2D eigenvalue weighted by atomic mass is 16.5. The number of nitrogens with one attached hydrogen (secondary N) is 1. The molecule has 0 aliphatic heterocycles. The van der Waals surface area contributed by atoms with Gasteiger partial charge in [-0.05, 0) is 25.5 Å². The summed E-state index contributed by atoms with van der Waals surface area (Å²) < 4.78 is 4.97. The number of methoxy groups -OCH3 is 1. The number of carbonyl (C=O) groups is 1. The highest BCUT2D eigenvalue weighted by Gasteiger charge is 2.08. The van der Waals surface area contributed by atoms with Crippen molar-refractivity contribution in [2.45, 2.75) is 19.9 Å². The topological polar surface area (TPSA) is 38.3 Å². The predicted molar refractivity (Wildman–Crippen MR) is 69.6 cm³/mol. The van der Waals surface area contributed by atoms with Gasteiger partial charge in [0.2, 0.25) is 5.91 Å². The van der Waals surface area contributed by atoms with Gasteiger partial charge in [0, 0.05) is 18.7 Å². The maximum Gasteiger partial charge on any atom is 0.247 e. The van der Waals surface area contributed by atoms with Crippen LogP contribution in [0.25, 0.3) is 6.08 Å². The van der Waals surface area contributed by atoms with Crippen molar-refractivity contribution in [2.75, 3.05) is 13.7 Å². The number of hydrogen-bond donors (Lipinski definition) is 1. The molecule has 1 rings (SSSR count). The van der Waals surface area contributed by atoms with Gasteiger partial charge >= 0.3 is 0 Å². The maximum atomic E-state index is 11.8. The summed E-state index contributed by atoms with van der Waals surface area (Å²) in [7, 11) is 1.62. The van der Waals surface area contributed by atoms with Gasteiger partial charge in [0.25, 0.3) is 0 Å². The quantitative estimate of drug-likeness (QED) is 0.792. The summed E-state index contributed by atoms with van der Waals surface area (Å²) in [5.74, 6) is -0.0570. The fraction of sp³-hybridized carbons (Fsp3) is 0.357. The zero-order valence-corrected chi connectivity index (χ0v) is 10.6. The fourth-order valence-electron chi connectivity index (χ4n) is 1.49. The van der Waals surface area contributed by atoms with Crippen molar-refractivity contribution in [1.82, 2.24) is 5.32 Å². The van der Waals surface area contributed by atoms with E-state index in [1.54, 1.807) is 7.11 Å². The average Bonchev–Trinajstić information content (AvgIpc) is 2.30. The standard InChI is InChI=1S/C14H19NO2/c1-11(9-13-7-5-4-6-8-13)14(16)15-12(2)10-17-3/h4-9,12H,10H2,1-3H3,(H,15,16). The highest BCUT2D eigenvalue weighted by molar-refractivity contribution is 5.97. The molecule has 0 aliphatic rings. The number of hydrogen-bond acceptors (Lipinski definition) is 2. The minimum absolute atomic E-state index is 0.0200. The van der Waals surface area contributed by atoms with Crippen molar-refractivity contribution in [2.24, 2.45) is 0 Å². The van der Waals surface area contributed by atoms with Gasteiger partial charge in [-0.1, -0.05) is 30.3 Å². The van der Waals surface area contributed by atoms with Crippen molar-refractivity contribution < 1.29 is 9.53 Å². The van der Waals surface area contributed by atoms with Crippen LogP contribution in [0, 0.1) is 0 Å². The van der Waals surface area contributed by atoms with E-state index in [0.717, 1.165) is 5.56 Å². The lowest BCUT2D eigenvalue weighted by Crippen LogP contribution is -2.35. The number of amides is 1. The lowest BCUT2D eigenvalue weighted by Gasteiger charge is -2.12. The Morgan fingerprint density at radius 1 is 1.41 bits per heavy atom. The van der Waals surface area contributed by atoms with E-state index in [0.29, 0.717) is 12.2 Å². The van der Waals surface area contributed by atoms with Crippen LogP contribution in [0.2, 0.25) is 0 Å². The zero-order chi connectivity index (χ0) is 12.7. The van der Waals surface area contributed by atoms with E-state index >= 15 is 0 Å². The number of benzene rings is 1. The van der Waals surface area contributed by atoms with E-state index < -0.39 is 0 Å². The Morgan fingerprint density at radius 2 is 2.06 bits per heavy atom. The number of ether oxygens (including phenoxy) is 1. The first kappa shape index (κ1) is 13.5. The van der Waals surface area contributed by atoms with Crippen molar-refractivity contribution in [1.29, 1.82) is 0 Å². The molecule has 0 saturated carbocycles. The van der Waals surface area contributed by atoms with E-state index in [-0.39, 0.29) is 11.9 Å². The summed E-state index contributed by atoms with van der Waals surface area (Å²) in [6.07, 6.45) is 1.87. The Labute approximate surface area is 102 Å². The summed E-state index contributed by atoms with van der Waals surface area (Å²) in [6, 6.07) is 9.81. The average molecular weight is 233 g/mol. The molecule has 0 heterocycles. The zero-order valence-electron chi connectivity index (χ0n) is 10.6. The van der Waals surface area contributed by atoms with Crippen LogP contribution >= 0.6 is 0 Å². The minimum atomic E-state index is -0.0570. The fourth-order valence-corrected chi connectivity index (χ4v) is 1.49. The molecule has 1 unspecified atom stereocenters. The van der Waals surface area contributed by atoms with E-state index in [2.05, 4.69) is 5.32 Å². The molecule has 3 nitrogen and oxygen atoms in total. The molecule has 1 atom stereocenters. The van der Waals surface area contributed by atoms with Gasteiger partial charge < -0.3 is 10.1 Å². The Kier molecular flexibility index (Phi) is 5.43. The Bertz CT molecular complexity index is 384. The molecular weight excluding hydrogens is 214 g/mol. The Hall–Kier alpha value is -1.61. The second-order valence-corrected chi connectivity index (χ2v) is 4.07.